The van der Waals surface area contributed by atoms with Crippen LogP contribution >= 0.6 is 23.2 Å². The lowest BCUT2D eigenvalue weighted by Gasteiger charge is -2.30. The molecule has 1 aromatic heterocycles. The highest BCUT2D eigenvalue weighted by atomic mass is 35.5. The van der Waals surface area contributed by atoms with Gasteiger partial charge < -0.3 is 19.9 Å². The van der Waals surface area contributed by atoms with Crippen LogP contribution in [0.1, 0.15) is 60.1 Å². The van der Waals surface area contributed by atoms with E-state index < -0.39 is 80.9 Å². The smallest absolute Gasteiger partial charge is 0.423 e. The van der Waals surface area contributed by atoms with Crippen molar-refractivity contribution in [3.05, 3.63) is 52.3 Å². The first-order valence-electron chi connectivity index (χ1n) is 13.1. The third-order valence-corrected chi connectivity index (χ3v) is 8.12. The van der Waals surface area contributed by atoms with Gasteiger partial charge in [0.2, 0.25) is 5.60 Å². The number of hydrogen-bond acceptors (Lipinski definition) is 8. The summed E-state index contributed by atoms with van der Waals surface area (Å²) in [4.78, 5) is 28.8. The average Bonchev–Trinajstić information content (AvgIpc) is 2.82. The SMILES string of the molecule is CC(C)(C)OC(=O)N[C@@H](CC[S@@](=N)(=O)CC[C@@](O)(c1ccc(-c2ccc(Cl)cc2Cl)cn1)C(F)(F)F)C(=O)OC(C)(C)C. The highest BCUT2D eigenvalue weighted by molar-refractivity contribution is 7.92. The first-order chi connectivity index (χ1) is 19.4. The zero-order valence-electron chi connectivity index (χ0n) is 24.6. The van der Waals surface area contributed by atoms with Gasteiger partial charge in [-0.25, -0.2) is 13.8 Å². The predicted octanol–water partition coefficient (Wildman–Crippen LogP) is 6.87. The minimum atomic E-state index is -5.23. The highest BCUT2D eigenvalue weighted by Crippen LogP contribution is 2.42. The molecule has 0 spiro atoms. The Bertz CT molecular complexity index is 1410. The van der Waals surface area contributed by atoms with Crippen LogP contribution in [0.15, 0.2) is 36.5 Å². The fourth-order valence-electron chi connectivity index (χ4n) is 3.73. The number of rotatable bonds is 10. The summed E-state index contributed by atoms with van der Waals surface area (Å²) in [5.41, 5.74) is -5.32. The molecule has 0 unspecified atom stereocenters. The summed E-state index contributed by atoms with van der Waals surface area (Å²) in [7, 11) is -3.80. The number of aromatic nitrogens is 1. The number of alkyl carbamates (subject to hydrolysis) is 1. The van der Waals surface area contributed by atoms with Crippen LogP contribution in [0.3, 0.4) is 0 Å². The molecule has 0 saturated heterocycles. The number of esters is 1. The van der Waals surface area contributed by atoms with Crippen molar-refractivity contribution in [3.8, 4) is 11.1 Å². The van der Waals surface area contributed by atoms with Crippen LogP contribution in [0.2, 0.25) is 10.0 Å². The number of aliphatic hydroxyl groups is 1. The van der Waals surface area contributed by atoms with E-state index in [0.29, 0.717) is 16.1 Å². The minimum Gasteiger partial charge on any atom is -0.458 e. The largest absolute Gasteiger partial charge is 0.458 e. The van der Waals surface area contributed by atoms with Gasteiger partial charge in [-0.1, -0.05) is 35.3 Å². The van der Waals surface area contributed by atoms with Gasteiger partial charge in [0, 0.05) is 55.0 Å². The molecule has 43 heavy (non-hydrogen) atoms. The maximum atomic E-state index is 14.2. The van der Waals surface area contributed by atoms with E-state index >= 15 is 0 Å². The molecule has 240 valence electrons. The van der Waals surface area contributed by atoms with Crippen molar-refractivity contribution in [1.82, 2.24) is 10.3 Å². The van der Waals surface area contributed by atoms with Gasteiger partial charge in [-0.3, -0.25) is 9.76 Å². The molecule has 9 nitrogen and oxygen atoms in total. The van der Waals surface area contributed by atoms with E-state index in [1.807, 2.05) is 0 Å². The molecule has 0 aliphatic rings. The van der Waals surface area contributed by atoms with Crippen molar-refractivity contribution in [2.75, 3.05) is 11.5 Å². The van der Waals surface area contributed by atoms with Gasteiger partial charge in [-0.15, -0.1) is 0 Å². The van der Waals surface area contributed by atoms with Gasteiger partial charge in [-0.05, 0) is 66.2 Å². The van der Waals surface area contributed by atoms with Crippen molar-refractivity contribution in [2.45, 2.75) is 83.4 Å². The molecule has 0 bridgehead atoms. The second kappa shape index (κ2) is 13.6. The number of carbonyl (C=O) groups is 2. The predicted molar refractivity (Wildman–Crippen MR) is 158 cm³/mol. The van der Waals surface area contributed by atoms with Gasteiger partial charge in [-0.2, -0.15) is 13.2 Å². The number of pyridine rings is 1. The van der Waals surface area contributed by atoms with Gasteiger partial charge in [0.1, 0.15) is 17.2 Å². The molecule has 1 aromatic carbocycles. The molecular formula is C28H36Cl2F3N3O6S. The van der Waals surface area contributed by atoms with Crippen molar-refractivity contribution < 1.29 is 41.5 Å². The first kappa shape index (κ1) is 36.6. The number of alkyl halides is 3. The summed E-state index contributed by atoms with van der Waals surface area (Å²) in [6.07, 6.45) is -6.64. The highest BCUT2D eigenvalue weighted by Gasteiger charge is 2.56. The summed E-state index contributed by atoms with van der Waals surface area (Å²) >= 11 is 12.1. The Morgan fingerprint density at radius 2 is 1.63 bits per heavy atom. The Balaban J connectivity index is 2.23. The van der Waals surface area contributed by atoms with Crippen molar-refractivity contribution in [2.24, 2.45) is 0 Å². The number of ether oxygens (including phenoxy) is 2. The second-order valence-corrected chi connectivity index (χ2v) is 15.2. The van der Waals surface area contributed by atoms with E-state index in [0.717, 1.165) is 12.3 Å². The first-order valence-corrected chi connectivity index (χ1v) is 15.8. The van der Waals surface area contributed by atoms with Crippen molar-refractivity contribution in [1.29, 1.82) is 4.78 Å². The molecule has 3 N–H and O–H groups in total. The Kier molecular flexibility index (Phi) is 11.6. The van der Waals surface area contributed by atoms with E-state index in [-0.39, 0.29) is 5.02 Å². The van der Waals surface area contributed by atoms with E-state index in [9.17, 15) is 32.1 Å². The van der Waals surface area contributed by atoms with Crippen LogP contribution in [-0.2, 0) is 29.6 Å². The summed E-state index contributed by atoms with van der Waals surface area (Å²) in [5, 5.41) is 13.7. The zero-order chi connectivity index (χ0) is 33.0. The van der Waals surface area contributed by atoms with Crippen LogP contribution in [0.4, 0.5) is 18.0 Å². The molecule has 15 heteroatoms. The molecule has 0 aliphatic heterocycles. The Morgan fingerprint density at radius 3 is 2.12 bits per heavy atom. The van der Waals surface area contributed by atoms with Gasteiger partial charge in [0.15, 0.2) is 0 Å². The van der Waals surface area contributed by atoms with E-state index in [1.165, 1.54) is 12.1 Å². The Labute approximate surface area is 259 Å². The number of carbonyl (C=O) groups excluding carboxylic acids is 2. The number of amides is 1. The van der Waals surface area contributed by atoms with Gasteiger partial charge in [0.05, 0.1) is 5.69 Å². The van der Waals surface area contributed by atoms with Crippen LogP contribution in [0, 0.1) is 4.78 Å². The number of hydrogen-bond donors (Lipinski definition) is 3. The van der Waals surface area contributed by atoms with E-state index in [4.69, 9.17) is 37.5 Å². The molecule has 0 fully saturated rings. The van der Waals surface area contributed by atoms with Crippen LogP contribution in [-0.4, -0.2) is 61.3 Å². The molecule has 0 aliphatic carbocycles. The lowest BCUT2D eigenvalue weighted by Crippen LogP contribution is -2.47. The molecule has 2 rings (SSSR count). The topological polar surface area (TPSA) is 139 Å². The molecule has 1 heterocycles. The summed E-state index contributed by atoms with van der Waals surface area (Å²) in [5.74, 6) is -2.36. The zero-order valence-corrected chi connectivity index (χ0v) is 26.9. The number of benzene rings is 1. The molecule has 2 aromatic rings. The third kappa shape index (κ3) is 11.1. The number of nitrogens with one attached hydrogen (secondary N) is 2. The standard InChI is InChI=1S/C28H36Cl2F3N3O6S/c1-25(2,3)41-23(37)21(36-24(38)42-26(4,5)6)11-13-43(34,40)14-12-27(39,28(31,32)33)22-10-7-17(16-35-22)19-9-8-18(29)15-20(19)30/h7-10,15-16,21,34,39H,11-14H2,1-6H3,(H,36,38)/t21-,27+,43+/m0/s1. The third-order valence-electron chi connectivity index (χ3n) is 5.81. The number of halogens is 5. The normalized spacial score (nSPS) is 16.0. The average molecular weight is 671 g/mol. The summed E-state index contributed by atoms with van der Waals surface area (Å²) < 4.78 is 74.2. The van der Waals surface area contributed by atoms with Crippen LogP contribution in [0.25, 0.3) is 11.1 Å². The molecule has 3 atom stereocenters. The van der Waals surface area contributed by atoms with Crippen LogP contribution in [0.5, 0.6) is 0 Å². The van der Waals surface area contributed by atoms with Gasteiger partial charge >= 0.3 is 18.2 Å². The summed E-state index contributed by atoms with van der Waals surface area (Å²) in [6.45, 7) is 9.57. The maximum Gasteiger partial charge on any atom is 0.423 e. The molecule has 1 amide bonds. The monoisotopic (exact) mass is 669 g/mol. The van der Waals surface area contributed by atoms with E-state index in [1.54, 1.807) is 53.7 Å². The quantitative estimate of drug-likeness (QED) is 0.235. The lowest BCUT2D eigenvalue weighted by atomic mass is 9.94. The Hall–Kier alpha value is -2.61. The van der Waals surface area contributed by atoms with Gasteiger partial charge in [0.25, 0.3) is 0 Å². The lowest BCUT2D eigenvalue weighted by molar-refractivity contribution is -0.268. The van der Waals surface area contributed by atoms with Crippen LogP contribution < -0.4 is 5.32 Å². The fraction of sp³-hybridized carbons (Fsp3) is 0.536. The number of nitrogens with zero attached hydrogens (tertiary/aromatic N) is 1. The maximum absolute atomic E-state index is 14.2. The van der Waals surface area contributed by atoms with Crippen molar-refractivity contribution >= 4 is 45.0 Å². The molecular weight excluding hydrogens is 634 g/mol. The molecule has 0 radical (unpaired) electrons. The second-order valence-electron chi connectivity index (χ2n) is 11.9. The molecule has 0 saturated carbocycles. The summed E-state index contributed by atoms with van der Waals surface area (Å²) in [6, 6.07) is 5.44. The minimum absolute atomic E-state index is 0.243. The Morgan fingerprint density at radius 1 is 1.02 bits per heavy atom. The van der Waals surface area contributed by atoms with E-state index in [2.05, 4.69) is 10.3 Å². The fourth-order valence-corrected chi connectivity index (χ4v) is 5.69. The van der Waals surface area contributed by atoms with Crippen molar-refractivity contribution in [3.63, 3.8) is 0 Å².